The summed E-state index contributed by atoms with van der Waals surface area (Å²) in [7, 11) is 0. The van der Waals surface area contributed by atoms with Crippen molar-refractivity contribution in [3.05, 3.63) is 70.1 Å². The number of rotatable bonds is 6. The number of nitrogens with zero attached hydrogens (tertiary/aromatic N) is 1. The number of carbonyl (C=O) groups is 1. The molecule has 2 N–H and O–H groups in total. The summed E-state index contributed by atoms with van der Waals surface area (Å²) in [6, 6.07) is 13.9. The zero-order valence-corrected chi connectivity index (χ0v) is 20.7. The van der Waals surface area contributed by atoms with E-state index >= 15 is 0 Å². The van der Waals surface area contributed by atoms with E-state index in [1.807, 2.05) is 38.1 Å². The number of aromatic carboxylic acids is 1. The molecule has 0 unspecified atom stereocenters. The first kappa shape index (κ1) is 23.6. The fraction of sp³-hybridized carbons (Fsp3) is 0.310. The number of hydrogen-bond acceptors (Lipinski definition) is 4. The molecule has 0 bridgehead atoms. The number of carboxylic acids is 1. The second-order valence-electron chi connectivity index (χ2n) is 9.04. The monoisotopic (exact) mass is 456 g/mol. The highest BCUT2D eigenvalue weighted by Crippen LogP contribution is 2.43. The summed E-state index contributed by atoms with van der Waals surface area (Å²) in [5, 5.41) is 15.3. The van der Waals surface area contributed by atoms with Crippen LogP contribution >= 0.6 is 0 Å². The molecule has 4 rings (SSSR count). The Morgan fingerprint density at radius 3 is 2.44 bits per heavy atom. The zero-order valence-electron chi connectivity index (χ0n) is 20.7. The van der Waals surface area contributed by atoms with Crippen LogP contribution in [0.15, 0.2) is 51.9 Å². The zero-order chi connectivity index (χ0) is 24.6. The Hall–Kier alpha value is -3.60. The van der Waals surface area contributed by atoms with Gasteiger partial charge in [0, 0.05) is 47.4 Å². The molecule has 0 amide bonds. The van der Waals surface area contributed by atoms with Crippen LogP contribution in [0, 0.1) is 13.8 Å². The summed E-state index contributed by atoms with van der Waals surface area (Å²) in [4.78, 5) is 17.0. The Balaban J connectivity index is 2.18. The van der Waals surface area contributed by atoms with Gasteiger partial charge in [0.2, 0.25) is 0 Å². The number of aryl methyl sites for hydroxylation is 2. The Morgan fingerprint density at radius 1 is 1.03 bits per heavy atom. The molecule has 5 nitrogen and oxygen atoms in total. The molecule has 1 aliphatic carbocycles. The van der Waals surface area contributed by atoms with Crippen LogP contribution in [0.25, 0.3) is 33.4 Å². The Morgan fingerprint density at radius 2 is 1.79 bits per heavy atom. The highest BCUT2D eigenvalue weighted by atomic mass is 16.4. The molecule has 0 saturated carbocycles. The number of anilines is 1. The van der Waals surface area contributed by atoms with Crippen LogP contribution in [0.2, 0.25) is 0 Å². The molecule has 2 aromatic carbocycles. The van der Waals surface area contributed by atoms with Crippen molar-refractivity contribution < 1.29 is 14.3 Å². The third-order valence-electron chi connectivity index (χ3n) is 6.29. The third kappa shape index (κ3) is 4.18. The predicted molar refractivity (Wildman–Crippen MR) is 139 cm³/mol. The van der Waals surface area contributed by atoms with Crippen LogP contribution < -0.4 is 10.7 Å². The average molecular weight is 457 g/mol. The van der Waals surface area contributed by atoms with E-state index in [0.29, 0.717) is 29.0 Å². The van der Waals surface area contributed by atoms with E-state index in [4.69, 9.17) is 4.42 Å². The van der Waals surface area contributed by atoms with Crippen molar-refractivity contribution in [2.24, 2.45) is 4.99 Å². The van der Waals surface area contributed by atoms with Crippen LogP contribution in [0.3, 0.4) is 0 Å². The topological polar surface area (TPSA) is 74.8 Å². The van der Waals surface area contributed by atoms with Crippen LogP contribution in [-0.4, -0.2) is 24.2 Å². The number of fused-ring (bicyclic) bond motifs is 2. The summed E-state index contributed by atoms with van der Waals surface area (Å²) in [5.41, 5.74) is 7.57. The van der Waals surface area contributed by atoms with Crippen molar-refractivity contribution >= 4 is 22.6 Å². The molecular formula is C29H32N2O3. The van der Waals surface area contributed by atoms with Gasteiger partial charge in [0.1, 0.15) is 11.3 Å². The van der Waals surface area contributed by atoms with E-state index in [0.717, 1.165) is 50.8 Å². The van der Waals surface area contributed by atoms with Crippen molar-refractivity contribution in [3.63, 3.8) is 0 Å². The van der Waals surface area contributed by atoms with E-state index < -0.39 is 5.97 Å². The van der Waals surface area contributed by atoms with Crippen LogP contribution in [-0.2, 0) is 0 Å². The maximum absolute atomic E-state index is 12.4. The molecule has 34 heavy (non-hydrogen) atoms. The lowest BCUT2D eigenvalue weighted by Gasteiger charge is -2.20. The van der Waals surface area contributed by atoms with E-state index in [1.54, 1.807) is 6.07 Å². The van der Waals surface area contributed by atoms with Crippen molar-refractivity contribution in [3.8, 4) is 22.5 Å². The van der Waals surface area contributed by atoms with Crippen molar-refractivity contribution in [2.45, 2.75) is 47.5 Å². The van der Waals surface area contributed by atoms with Gasteiger partial charge in [0.05, 0.1) is 10.9 Å². The predicted octanol–water partition coefficient (Wildman–Crippen LogP) is 7.00. The van der Waals surface area contributed by atoms with Gasteiger partial charge in [-0.05, 0) is 74.1 Å². The maximum atomic E-state index is 12.4. The van der Waals surface area contributed by atoms with Gasteiger partial charge in [-0.15, -0.1) is 0 Å². The van der Waals surface area contributed by atoms with E-state index in [2.05, 4.69) is 50.1 Å². The van der Waals surface area contributed by atoms with Gasteiger partial charge >= 0.3 is 5.97 Å². The number of carboxylic acid groups (broad SMARTS) is 1. The van der Waals surface area contributed by atoms with E-state index in [9.17, 15) is 9.90 Å². The van der Waals surface area contributed by atoms with Crippen molar-refractivity contribution in [1.82, 2.24) is 0 Å². The lowest BCUT2D eigenvalue weighted by Crippen LogP contribution is -2.10. The van der Waals surface area contributed by atoms with Gasteiger partial charge in [0.25, 0.3) is 0 Å². The standard InChI is InChI=1S/C29H32N2O3/c1-7-30-24-14-26-22(11-17(24)5)28(20-10-9-19(16(3)4)13-21(20)29(32)33)23-12-18(6)25(31-8-2)15-27(23)34-26/h9-16,30H,7-8H2,1-6H3,(H,32,33)/b31-25-. The van der Waals surface area contributed by atoms with Gasteiger partial charge in [-0.3, -0.25) is 4.99 Å². The second kappa shape index (κ2) is 9.34. The Labute approximate surface area is 200 Å². The highest BCUT2D eigenvalue weighted by Gasteiger charge is 2.23. The minimum Gasteiger partial charge on any atom is -0.478 e. The molecule has 2 aromatic rings. The minimum absolute atomic E-state index is 0.233. The molecule has 5 heteroatoms. The first-order chi connectivity index (χ1) is 16.2. The molecule has 1 aliphatic heterocycles. The first-order valence-corrected chi connectivity index (χ1v) is 11.9. The maximum Gasteiger partial charge on any atom is 0.336 e. The molecular weight excluding hydrogens is 424 g/mol. The lowest BCUT2D eigenvalue weighted by atomic mass is 9.87. The minimum atomic E-state index is -0.935. The number of nitrogens with one attached hydrogen (secondary N) is 1. The van der Waals surface area contributed by atoms with Crippen molar-refractivity contribution in [1.29, 1.82) is 0 Å². The molecule has 0 spiro atoms. The smallest absolute Gasteiger partial charge is 0.336 e. The average Bonchev–Trinajstić information content (AvgIpc) is 2.79. The first-order valence-electron chi connectivity index (χ1n) is 11.9. The van der Waals surface area contributed by atoms with E-state index in [-0.39, 0.29) is 5.92 Å². The lowest BCUT2D eigenvalue weighted by molar-refractivity contribution is 0.0697. The molecule has 2 aliphatic rings. The SMILES string of the molecule is CC/N=c1/cc2oc3cc(NCC)c(C)cc3c(-c3ccc(C(C)C)cc3C(=O)O)c-2cc1C. The van der Waals surface area contributed by atoms with Gasteiger partial charge in [0.15, 0.2) is 0 Å². The largest absolute Gasteiger partial charge is 0.478 e. The summed E-state index contributed by atoms with van der Waals surface area (Å²) >= 11 is 0. The summed E-state index contributed by atoms with van der Waals surface area (Å²) < 4.78 is 6.41. The summed E-state index contributed by atoms with van der Waals surface area (Å²) in [5.74, 6) is -0.0115. The quantitative estimate of drug-likeness (QED) is 0.306. The van der Waals surface area contributed by atoms with Crippen LogP contribution in [0.1, 0.15) is 60.7 Å². The fourth-order valence-corrected chi connectivity index (χ4v) is 4.52. The second-order valence-corrected chi connectivity index (χ2v) is 9.04. The molecule has 0 atom stereocenters. The Kier molecular flexibility index (Phi) is 6.47. The number of hydrogen-bond donors (Lipinski definition) is 2. The molecule has 0 saturated heterocycles. The molecule has 1 heterocycles. The fourth-order valence-electron chi connectivity index (χ4n) is 4.52. The van der Waals surface area contributed by atoms with E-state index in [1.165, 1.54) is 0 Å². The van der Waals surface area contributed by atoms with Crippen molar-refractivity contribution in [2.75, 3.05) is 18.4 Å². The number of benzene rings is 3. The highest BCUT2D eigenvalue weighted by molar-refractivity contribution is 6.08. The van der Waals surface area contributed by atoms with Crippen LogP contribution in [0.5, 0.6) is 0 Å². The third-order valence-corrected chi connectivity index (χ3v) is 6.29. The molecule has 0 aromatic heterocycles. The normalized spacial score (nSPS) is 12.1. The summed E-state index contributed by atoms with van der Waals surface area (Å²) in [6.07, 6.45) is 0. The molecule has 0 radical (unpaired) electrons. The van der Waals surface area contributed by atoms with Crippen LogP contribution in [0.4, 0.5) is 5.69 Å². The molecule has 0 fully saturated rings. The summed E-state index contributed by atoms with van der Waals surface area (Å²) in [6.45, 7) is 13.8. The van der Waals surface area contributed by atoms with Gasteiger partial charge in [-0.1, -0.05) is 26.0 Å². The van der Waals surface area contributed by atoms with Gasteiger partial charge in [-0.25, -0.2) is 4.79 Å². The Bertz CT molecular complexity index is 1430. The molecule has 176 valence electrons. The van der Waals surface area contributed by atoms with Gasteiger partial charge < -0.3 is 14.8 Å². The van der Waals surface area contributed by atoms with Gasteiger partial charge in [-0.2, -0.15) is 0 Å².